The van der Waals surface area contributed by atoms with Crippen molar-refractivity contribution in [1.82, 2.24) is 15.0 Å². The average Bonchev–Trinajstić information content (AvgIpc) is 3.13. The zero-order chi connectivity index (χ0) is 30.5. The maximum atomic E-state index is 4.32. The van der Waals surface area contributed by atoms with E-state index in [2.05, 4.69) is 167 Å². The number of aromatic nitrogens is 3. The van der Waals surface area contributed by atoms with E-state index in [4.69, 9.17) is 0 Å². The lowest BCUT2D eigenvalue weighted by Gasteiger charge is -2.19. The van der Waals surface area contributed by atoms with Crippen molar-refractivity contribution in [3.05, 3.63) is 164 Å². The van der Waals surface area contributed by atoms with Gasteiger partial charge >= 0.3 is 0 Å². The molecule has 0 radical (unpaired) electrons. The molecule has 1 aromatic heterocycles. The van der Waals surface area contributed by atoms with Gasteiger partial charge in [0.1, 0.15) is 12.7 Å². The van der Waals surface area contributed by atoms with Crippen LogP contribution in [0.25, 0.3) is 87.9 Å². The summed E-state index contributed by atoms with van der Waals surface area (Å²) in [5, 5.41) is 9.94. The molecule has 0 amide bonds. The summed E-state index contributed by atoms with van der Waals surface area (Å²) in [7, 11) is 0. The number of nitrogens with zero attached hydrogens (tertiary/aromatic N) is 3. The largest absolute Gasteiger partial charge is 0.225 e. The molecule has 8 aromatic carbocycles. The van der Waals surface area contributed by atoms with Crippen molar-refractivity contribution in [3.8, 4) is 44.8 Å². The maximum Gasteiger partial charge on any atom is 0.162 e. The first-order valence-corrected chi connectivity index (χ1v) is 15.5. The molecule has 0 unspecified atom stereocenters. The van der Waals surface area contributed by atoms with Crippen LogP contribution in [0.4, 0.5) is 0 Å². The van der Waals surface area contributed by atoms with Gasteiger partial charge in [0.05, 0.1) is 0 Å². The summed E-state index contributed by atoms with van der Waals surface area (Å²) in [5.74, 6) is 0.671. The van der Waals surface area contributed by atoms with Crippen LogP contribution >= 0.6 is 0 Å². The zero-order valence-electron chi connectivity index (χ0n) is 24.9. The lowest BCUT2D eigenvalue weighted by atomic mass is 9.84. The van der Waals surface area contributed by atoms with Crippen molar-refractivity contribution in [3.63, 3.8) is 0 Å². The minimum absolute atomic E-state index is 0.671. The Hall–Kier alpha value is -6.19. The van der Waals surface area contributed by atoms with Gasteiger partial charge in [-0.3, -0.25) is 0 Å². The topological polar surface area (TPSA) is 38.7 Å². The molecule has 1 heterocycles. The van der Waals surface area contributed by atoms with Gasteiger partial charge in [0, 0.05) is 5.56 Å². The van der Waals surface area contributed by atoms with Gasteiger partial charge in [-0.15, -0.1) is 0 Å². The van der Waals surface area contributed by atoms with Gasteiger partial charge < -0.3 is 0 Å². The summed E-state index contributed by atoms with van der Waals surface area (Å²) in [6, 6.07) is 55.2. The molecule has 9 rings (SSSR count). The third-order valence-corrected chi connectivity index (χ3v) is 9.07. The molecule has 0 aliphatic heterocycles. The highest BCUT2D eigenvalue weighted by atomic mass is 15.0. The van der Waals surface area contributed by atoms with Gasteiger partial charge in [-0.05, 0) is 94.7 Å². The van der Waals surface area contributed by atoms with E-state index in [0.29, 0.717) is 5.82 Å². The first-order valence-electron chi connectivity index (χ1n) is 15.5. The molecular formula is C43H27N3. The van der Waals surface area contributed by atoms with Crippen molar-refractivity contribution in [2.75, 3.05) is 0 Å². The summed E-state index contributed by atoms with van der Waals surface area (Å²) < 4.78 is 0. The Kier molecular flexibility index (Phi) is 6.14. The summed E-state index contributed by atoms with van der Waals surface area (Å²) in [6.07, 6.45) is 3.07. The molecule has 9 aromatic rings. The highest BCUT2D eigenvalue weighted by Crippen LogP contribution is 2.45. The Morgan fingerprint density at radius 3 is 1.37 bits per heavy atom. The normalized spacial score (nSPS) is 11.5. The molecule has 0 saturated carbocycles. The minimum atomic E-state index is 0.671. The van der Waals surface area contributed by atoms with Crippen molar-refractivity contribution in [2.24, 2.45) is 0 Å². The first-order chi connectivity index (χ1) is 22.8. The van der Waals surface area contributed by atoms with Gasteiger partial charge in [0.15, 0.2) is 5.82 Å². The number of hydrogen-bond acceptors (Lipinski definition) is 3. The molecule has 0 bridgehead atoms. The minimum Gasteiger partial charge on any atom is -0.225 e. The van der Waals surface area contributed by atoms with E-state index in [-0.39, 0.29) is 0 Å². The Morgan fingerprint density at radius 2 is 0.761 bits per heavy atom. The van der Waals surface area contributed by atoms with Crippen LogP contribution < -0.4 is 0 Å². The molecule has 0 spiro atoms. The van der Waals surface area contributed by atoms with E-state index in [9.17, 15) is 0 Å². The molecule has 0 aliphatic carbocycles. The summed E-state index contributed by atoms with van der Waals surface area (Å²) in [6.45, 7) is 0. The van der Waals surface area contributed by atoms with Crippen LogP contribution in [0.2, 0.25) is 0 Å². The van der Waals surface area contributed by atoms with Crippen LogP contribution in [-0.4, -0.2) is 15.0 Å². The number of benzene rings is 8. The quantitative estimate of drug-likeness (QED) is 0.193. The lowest BCUT2D eigenvalue weighted by Crippen LogP contribution is -1.92. The SMILES string of the molecule is c1ccc2cc(-c3c4ccccc4c(-c4ccc5ccccc5c4)c4cc(-c5ccc(-c6ncncn6)cc5)ccc34)ccc2c1. The van der Waals surface area contributed by atoms with Crippen molar-refractivity contribution < 1.29 is 0 Å². The van der Waals surface area contributed by atoms with Gasteiger partial charge in [-0.25, -0.2) is 15.0 Å². The van der Waals surface area contributed by atoms with Crippen LogP contribution in [-0.2, 0) is 0 Å². The molecule has 46 heavy (non-hydrogen) atoms. The molecule has 0 aliphatic rings. The standard InChI is InChI=1S/C43H27N3/c1-3-9-32-23-35(19-15-28(32)7-1)41-37-11-5-6-12-38(37)42(36-20-16-29-8-2-4-10-33(29)24-36)40-25-34(21-22-39(40)41)30-13-17-31(18-14-30)43-45-26-44-27-46-43/h1-27H. The molecule has 214 valence electrons. The second-order valence-corrected chi connectivity index (χ2v) is 11.7. The van der Waals surface area contributed by atoms with Gasteiger partial charge in [-0.1, -0.05) is 133 Å². The fourth-order valence-corrected chi connectivity index (χ4v) is 6.87. The monoisotopic (exact) mass is 585 g/mol. The fourth-order valence-electron chi connectivity index (χ4n) is 6.87. The molecular weight excluding hydrogens is 558 g/mol. The van der Waals surface area contributed by atoms with Crippen molar-refractivity contribution in [1.29, 1.82) is 0 Å². The predicted octanol–water partition coefficient (Wildman–Crippen LogP) is 11.2. The third-order valence-electron chi connectivity index (χ3n) is 9.07. The van der Waals surface area contributed by atoms with Gasteiger partial charge in [0.2, 0.25) is 0 Å². The van der Waals surface area contributed by atoms with Crippen LogP contribution in [0.3, 0.4) is 0 Å². The average molecular weight is 586 g/mol. The predicted molar refractivity (Wildman–Crippen MR) is 192 cm³/mol. The molecule has 0 fully saturated rings. The van der Waals surface area contributed by atoms with Crippen LogP contribution in [0.1, 0.15) is 0 Å². The number of hydrogen-bond donors (Lipinski definition) is 0. The molecule has 3 nitrogen and oxygen atoms in total. The van der Waals surface area contributed by atoms with E-state index in [1.54, 1.807) is 0 Å². The summed E-state index contributed by atoms with van der Waals surface area (Å²) in [4.78, 5) is 12.6. The van der Waals surface area contributed by atoms with Crippen LogP contribution in [0.5, 0.6) is 0 Å². The Labute approximate surface area is 266 Å². The van der Waals surface area contributed by atoms with Crippen molar-refractivity contribution in [2.45, 2.75) is 0 Å². The number of fused-ring (bicyclic) bond motifs is 4. The Bertz CT molecular complexity index is 2570. The Balaban J connectivity index is 1.33. The smallest absolute Gasteiger partial charge is 0.162 e. The van der Waals surface area contributed by atoms with E-state index < -0.39 is 0 Å². The Morgan fingerprint density at radius 1 is 0.304 bits per heavy atom. The second kappa shape index (κ2) is 10.8. The summed E-state index contributed by atoms with van der Waals surface area (Å²) >= 11 is 0. The van der Waals surface area contributed by atoms with Crippen LogP contribution in [0.15, 0.2) is 164 Å². The molecule has 0 N–H and O–H groups in total. The highest BCUT2D eigenvalue weighted by Gasteiger charge is 2.18. The van der Waals surface area contributed by atoms with Gasteiger partial charge in [-0.2, -0.15) is 0 Å². The maximum absolute atomic E-state index is 4.32. The van der Waals surface area contributed by atoms with Gasteiger partial charge in [0.25, 0.3) is 0 Å². The molecule has 3 heteroatoms. The van der Waals surface area contributed by atoms with E-state index in [0.717, 1.165) is 16.7 Å². The third kappa shape index (κ3) is 4.41. The first kappa shape index (κ1) is 26.2. The highest BCUT2D eigenvalue weighted by molar-refractivity contribution is 6.22. The molecule has 0 saturated heterocycles. The second-order valence-electron chi connectivity index (χ2n) is 11.7. The zero-order valence-corrected chi connectivity index (χ0v) is 24.9. The summed E-state index contributed by atoms with van der Waals surface area (Å²) in [5.41, 5.74) is 8.23. The number of rotatable bonds is 4. The molecule has 0 atom stereocenters. The van der Waals surface area contributed by atoms with E-state index in [1.807, 2.05) is 0 Å². The van der Waals surface area contributed by atoms with E-state index in [1.165, 1.54) is 78.0 Å². The van der Waals surface area contributed by atoms with Crippen molar-refractivity contribution >= 4 is 43.1 Å². The van der Waals surface area contributed by atoms with Crippen LogP contribution in [0, 0.1) is 0 Å². The fraction of sp³-hybridized carbons (Fsp3) is 0. The van der Waals surface area contributed by atoms with E-state index >= 15 is 0 Å². The lowest BCUT2D eigenvalue weighted by molar-refractivity contribution is 1.06.